The van der Waals surface area contributed by atoms with Gasteiger partial charge in [-0.25, -0.2) is 0 Å². The molecule has 4 heteroatoms. The Morgan fingerprint density at radius 3 is 2.71 bits per heavy atom. The van der Waals surface area contributed by atoms with Crippen molar-refractivity contribution in [1.82, 2.24) is 4.90 Å². The first-order chi connectivity index (χ1) is 8.15. The van der Waals surface area contributed by atoms with E-state index in [1.165, 1.54) is 0 Å². The molecule has 1 aromatic rings. The lowest BCUT2D eigenvalue weighted by atomic mass is 10.1. The van der Waals surface area contributed by atoms with Crippen molar-refractivity contribution in [3.8, 4) is 0 Å². The summed E-state index contributed by atoms with van der Waals surface area (Å²) in [5.41, 5.74) is 7.18. The summed E-state index contributed by atoms with van der Waals surface area (Å²) in [6.45, 7) is 2.18. The summed E-state index contributed by atoms with van der Waals surface area (Å²) < 4.78 is 0. The van der Waals surface area contributed by atoms with Gasteiger partial charge < -0.3 is 15.9 Å². The number of rotatable bonds is 3. The molecule has 2 atom stereocenters. The lowest BCUT2D eigenvalue weighted by molar-refractivity contribution is 0.0392. The quantitative estimate of drug-likeness (QED) is 0.678. The third-order valence-electron chi connectivity index (χ3n) is 3.23. The predicted molar refractivity (Wildman–Crippen MR) is 67.5 cm³/mol. The highest BCUT2D eigenvalue weighted by Crippen LogP contribution is 2.18. The average Bonchev–Trinajstić information content (AvgIpc) is 2.29. The molecule has 0 amide bonds. The Morgan fingerprint density at radius 2 is 2.06 bits per heavy atom. The summed E-state index contributed by atoms with van der Waals surface area (Å²) in [6, 6.07) is 7.29. The number of aliphatic hydroxyl groups excluding tert-OH is 2. The molecule has 4 N–H and O–H groups in total. The lowest BCUT2D eigenvalue weighted by Gasteiger charge is -2.31. The normalized spacial score (nSPS) is 23.5. The third kappa shape index (κ3) is 3.43. The monoisotopic (exact) mass is 236 g/mol. The van der Waals surface area contributed by atoms with Crippen LogP contribution in [0.2, 0.25) is 0 Å². The minimum Gasteiger partial charge on any atom is -0.399 e. The molecule has 17 heavy (non-hydrogen) atoms. The van der Waals surface area contributed by atoms with Crippen LogP contribution in [0.4, 0.5) is 5.69 Å². The number of hydrogen-bond acceptors (Lipinski definition) is 4. The zero-order valence-corrected chi connectivity index (χ0v) is 9.92. The highest BCUT2D eigenvalue weighted by molar-refractivity contribution is 5.39. The van der Waals surface area contributed by atoms with Gasteiger partial charge in [-0.3, -0.25) is 4.90 Å². The van der Waals surface area contributed by atoms with E-state index in [1.807, 2.05) is 12.1 Å². The molecule has 1 saturated heterocycles. The molecule has 0 radical (unpaired) electrons. The van der Waals surface area contributed by atoms with Crippen molar-refractivity contribution in [2.75, 3.05) is 25.4 Å². The van der Waals surface area contributed by atoms with Crippen LogP contribution in [0.5, 0.6) is 0 Å². The minimum atomic E-state index is -0.513. The maximum Gasteiger partial charge on any atom is 0.0916 e. The molecule has 0 saturated carbocycles. The SMILES string of the molecule is Nc1ccc(C(O)CN2CCCC(O)C2)cc1. The highest BCUT2D eigenvalue weighted by Gasteiger charge is 2.20. The molecule has 1 fully saturated rings. The van der Waals surface area contributed by atoms with Gasteiger partial charge in [-0.05, 0) is 37.1 Å². The standard InChI is InChI=1S/C13H20N2O2/c14-11-5-3-10(4-6-11)13(17)9-15-7-1-2-12(16)8-15/h3-6,12-13,16-17H,1-2,7-9,14H2. The number of likely N-dealkylation sites (tertiary alicyclic amines) is 1. The van der Waals surface area contributed by atoms with Crippen molar-refractivity contribution in [2.24, 2.45) is 0 Å². The maximum absolute atomic E-state index is 10.1. The van der Waals surface area contributed by atoms with Crippen LogP contribution in [0, 0.1) is 0 Å². The topological polar surface area (TPSA) is 69.7 Å². The molecular formula is C13H20N2O2. The molecule has 1 aliphatic heterocycles. The van der Waals surface area contributed by atoms with Crippen molar-refractivity contribution < 1.29 is 10.2 Å². The first-order valence-corrected chi connectivity index (χ1v) is 6.09. The minimum absolute atomic E-state index is 0.248. The van der Waals surface area contributed by atoms with Crippen LogP contribution in [0.25, 0.3) is 0 Å². The van der Waals surface area contributed by atoms with Crippen LogP contribution in [0.1, 0.15) is 24.5 Å². The third-order valence-corrected chi connectivity index (χ3v) is 3.23. The molecule has 0 aliphatic carbocycles. The summed E-state index contributed by atoms with van der Waals surface area (Å²) in [6.07, 6.45) is 1.10. The number of nitrogens with zero attached hydrogens (tertiary/aromatic N) is 1. The molecule has 0 aromatic heterocycles. The molecular weight excluding hydrogens is 216 g/mol. The Hall–Kier alpha value is -1.10. The Morgan fingerprint density at radius 1 is 1.35 bits per heavy atom. The van der Waals surface area contributed by atoms with E-state index >= 15 is 0 Å². The molecule has 1 heterocycles. The Kier molecular flexibility index (Phi) is 3.99. The Labute approximate surface area is 102 Å². The summed E-state index contributed by atoms with van der Waals surface area (Å²) in [7, 11) is 0. The number of nitrogens with two attached hydrogens (primary N) is 1. The predicted octanol–water partition coefficient (Wildman–Crippen LogP) is 0.759. The van der Waals surface area contributed by atoms with Crippen LogP contribution >= 0.6 is 0 Å². The summed E-state index contributed by atoms with van der Waals surface area (Å²) >= 11 is 0. The number of β-amino-alcohol motifs (C(OH)–C–C–N with tert-alkyl or cyclic N) is 2. The fraction of sp³-hybridized carbons (Fsp3) is 0.538. The highest BCUT2D eigenvalue weighted by atomic mass is 16.3. The number of piperidine rings is 1. The second kappa shape index (κ2) is 5.49. The van der Waals surface area contributed by atoms with Gasteiger partial charge in [0.15, 0.2) is 0 Å². The van der Waals surface area contributed by atoms with Crippen LogP contribution in [0.3, 0.4) is 0 Å². The number of aliphatic hydroxyl groups is 2. The fourth-order valence-corrected chi connectivity index (χ4v) is 2.27. The van der Waals surface area contributed by atoms with E-state index in [9.17, 15) is 10.2 Å². The van der Waals surface area contributed by atoms with Crippen molar-refractivity contribution in [3.63, 3.8) is 0 Å². The van der Waals surface area contributed by atoms with E-state index in [1.54, 1.807) is 12.1 Å². The van der Waals surface area contributed by atoms with Gasteiger partial charge >= 0.3 is 0 Å². The van der Waals surface area contributed by atoms with Gasteiger partial charge in [-0.2, -0.15) is 0 Å². The van der Waals surface area contributed by atoms with Gasteiger partial charge in [0.2, 0.25) is 0 Å². The van der Waals surface area contributed by atoms with Gasteiger partial charge in [0.05, 0.1) is 12.2 Å². The summed E-state index contributed by atoms with van der Waals surface area (Å²) in [5.74, 6) is 0. The number of nitrogen functional groups attached to an aromatic ring is 1. The number of hydrogen-bond donors (Lipinski definition) is 3. The van der Waals surface area contributed by atoms with Crippen molar-refractivity contribution in [1.29, 1.82) is 0 Å². The van der Waals surface area contributed by atoms with Gasteiger partial charge in [0, 0.05) is 18.8 Å². The zero-order chi connectivity index (χ0) is 12.3. The molecule has 4 nitrogen and oxygen atoms in total. The Balaban J connectivity index is 1.91. The van der Waals surface area contributed by atoms with Gasteiger partial charge in [-0.1, -0.05) is 12.1 Å². The summed E-state index contributed by atoms with van der Waals surface area (Å²) in [4.78, 5) is 2.11. The second-order valence-corrected chi connectivity index (χ2v) is 4.74. The van der Waals surface area contributed by atoms with Gasteiger partial charge in [0.1, 0.15) is 0 Å². The maximum atomic E-state index is 10.1. The first kappa shape index (κ1) is 12.4. The van der Waals surface area contributed by atoms with Crippen LogP contribution in [0.15, 0.2) is 24.3 Å². The lowest BCUT2D eigenvalue weighted by Crippen LogP contribution is -2.40. The Bertz CT molecular complexity index is 353. The average molecular weight is 236 g/mol. The van der Waals surface area contributed by atoms with E-state index in [0.717, 1.165) is 24.9 Å². The van der Waals surface area contributed by atoms with E-state index in [4.69, 9.17) is 5.73 Å². The van der Waals surface area contributed by atoms with E-state index in [-0.39, 0.29) is 6.10 Å². The summed E-state index contributed by atoms with van der Waals surface area (Å²) in [5, 5.41) is 19.6. The number of anilines is 1. The molecule has 0 bridgehead atoms. The van der Waals surface area contributed by atoms with Crippen LogP contribution < -0.4 is 5.73 Å². The van der Waals surface area contributed by atoms with Gasteiger partial charge in [-0.15, -0.1) is 0 Å². The largest absolute Gasteiger partial charge is 0.399 e. The zero-order valence-electron chi connectivity index (χ0n) is 9.92. The molecule has 0 spiro atoms. The van der Waals surface area contributed by atoms with Crippen molar-refractivity contribution in [2.45, 2.75) is 25.0 Å². The molecule has 1 aliphatic rings. The van der Waals surface area contributed by atoms with E-state index in [0.29, 0.717) is 18.8 Å². The number of benzene rings is 1. The van der Waals surface area contributed by atoms with Crippen molar-refractivity contribution >= 4 is 5.69 Å². The molecule has 2 rings (SSSR count). The van der Waals surface area contributed by atoms with Crippen LogP contribution in [-0.2, 0) is 0 Å². The van der Waals surface area contributed by atoms with Gasteiger partial charge in [0.25, 0.3) is 0 Å². The van der Waals surface area contributed by atoms with Crippen LogP contribution in [-0.4, -0.2) is 40.9 Å². The molecule has 1 aromatic carbocycles. The molecule has 2 unspecified atom stereocenters. The van der Waals surface area contributed by atoms with Crippen molar-refractivity contribution in [3.05, 3.63) is 29.8 Å². The smallest absolute Gasteiger partial charge is 0.0916 e. The second-order valence-electron chi connectivity index (χ2n) is 4.74. The fourth-order valence-electron chi connectivity index (χ4n) is 2.27. The molecule has 94 valence electrons. The first-order valence-electron chi connectivity index (χ1n) is 6.09. The van der Waals surface area contributed by atoms with E-state index < -0.39 is 6.10 Å². The van der Waals surface area contributed by atoms with E-state index in [2.05, 4.69) is 4.90 Å².